The number of rotatable bonds is 8. The number of nitrogens with one attached hydrogen (secondary N) is 1. The Bertz CT molecular complexity index is 886. The lowest BCUT2D eigenvalue weighted by molar-refractivity contribution is -0.386. The summed E-state index contributed by atoms with van der Waals surface area (Å²) in [6.07, 6.45) is -14.0. The van der Waals surface area contributed by atoms with E-state index in [9.17, 15) is 45.5 Å². The second-order valence-electron chi connectivity index (χ2n) is 8.12. The number of aliphatic hydroxyl groups excluding tert-OH is 6. The maximum Gasteiger partial charge on any atom is 0.311 e. The highest BCUT2D eigenvalue weighted by atomic mass is 16.7. The predicted molar refractivity (Wildman–Crippen MR) is 112 cm³/mol. The normalized spacial score (nSPS) is 37.5. The van der Waals surface area contributed by atoms with Crippen molar-refractivity contribution in [3.8, 4) is 5.75 Å². The van der Waals surface area contributed by atoms with Crippen LogP contribution in [0.3, 0.4) is 0 Å². The summed E-state index contributed by atoms with van der Waals surface area (Å²) in [5.41, 5.74) is -0.410. The molecule has 15 nitrogen and oxygen atoms in total. The molecular formula is C20H28N2O13. The highest BCUT2D eigenvalue weighted by molar-refractivity contribution is 5.73. The van der Waals surface area contributed by atoms with E-state index in [-0.39, 0.29) is 5.75 Å². The zero-order valence-corrected chi connectivity index (χ0v) is 18.5. The number of carbonyl (C=O) groups is 1. The maximum absolute atomic E-state index is 11.6. The van der Waals surface area contributed by atoms with Crippen LogP contribution in [0.15, 0.2) is 24.3 Å². The molecule has 1 aromatic rings. The Kier molecular flexibility index (Phi) is 8.92. The minimum atomic E-state index is -1.72. The van der Waals surface area contributed by atoms with Crippen LogP contribution in [-0.4, -0.2) is 116 Å². The molecule has 10 atom stereocenters. The summed E-state index contributed by atoms with van der Waals surface area (Å²) in [6.45, 7) is -0.0872. The molecule has 1 amide bonds. The highest BCUT2D eigenvalue weighted by Gasteiger charge is 2.48. The number of para-hydroxylation sites is 2. The van der Waals surface area contributed by atoms with Crippen LogP contribution in [0.4, 0.5) is 5.69 Å². The topological polar surface area (TPSA) is 231 Å². The molecule has 0 unspecified atom stereocenters. The fourth-order valence-corrected chi connectivity index (χ4v) is 3.79. The van der Waals surface area contributed by atoms with Crippen molar-refractivity contribution in [1.29, 1.82) is 0 Å². The first kappa shape index (κ1) is 27.1. The Morgan fingerprint density at radius 2 is 1.63 bits per heavy atom. The number of amides is 1. The molecule has 3 rings (SSSR count). The molecule has 35 heavy (non-hydrogen) atoms. The average Bonchev–Trinajstić information content (AvgIpc) is 2.82. The van der Waals surface area contributed by atoms with Gasteiger partial charge in [0.25, 0.3) is 0 Å². The number of ether oxygens (including phenoxy) is 4. The number of aliphatic hydroxyl groups is 6. The standard InChI is InChI=1S/C20H28N2O13/c1-8(24)21-13-16(27)15(26)12(7-32-20-18(29)17(28)14(25)11(6-23)34-20)35-19(13)33-10-5-3-2-4-9(10)22(30)31/h2-5,11-20,23,25-29H,6-7H2,1H3,(H,21,24)/t11-,12-,13-,14+,15+,16-,17+,18-,19+,20-/m1/s1. The fourth-order valence-electron chi connectivity index (χ4n) is 3.79. The van der Waals surface area contributed by atoms with Gasteiger partial charge in [0.2, 0.25) is 12.2 Å². The third-order valence-electron chi connectivity index (χ3n) is 5.65. The second kappa shape index (κ2) is 11.5. The monoisotopic (exact) mass is 504 g/mol. The molecule has 0 spiro atoms. The molecule has 0 aliphatic carbocycles. The summed E-state index contributed by atoms with van der Waals surface area (Å²) in [5.74, 6) is -0.827. The molecule has 2 heterocycles. The lowest BCUT2D eigenvalue weighted by atomic mass is 9.96. The van der Waals surface area contributed by atoms with Gasteiger partial charge in [-0.3, -0.25) is 14.9 Å². The number of hydrogen-bond donors (Lipinski definition) is 7. The van der Waals surface area contributed by atoms with Crippen LogP contribution in [0.5, 0.6) is 5.75 Å². The molecule has 0 saturated carbocycles. The van der Waals surface area contributed by atoms with E-state index in [4.69, 9.17) is 18.9 Å². The van der Waals surface area contributed by atoms with Gasteiger partial charge in [0, 0.05) is 13.0 Å². The Balaban J connectivity index is 1.77. The van der Waals surface area contributed by atoms with E-state index in [0.717, 1.165) is 6.92 Å². The van der Waals surface area contributed by atoms with Crippen LogP contribution < -0.4 is 10.1 Å². The SMILES string of the molecule is CC(=O)N[C@H]1[C@@H](Oc2ccccc2[N+](=O)[O-])O[C@H](CO[C@@H]2O[C@H](CO)[C@H](O)[C@H](O)[C@H]2O)[C@H](O)[C@@H]1O. The zero-order valence-electron chi connectivity index (χ0n) is 18.5. The van der Waals surface area contributed by atoms with Gasteiger partial charge in [-0.2, -0.15) is 0 Å². The number of hydrogen-bond acceptors (Lipinski definition) is 13. The molecule has 0 radical (unpaired) electrons. The van der Waals surface area contributed by atoms with Crippen molar-refractivity contribution in [2.24, 2.45) is 0 Å². The van der Waals surface area contributed by atoms with Crippen molar-refractivity contribution >= 4 is 11.6 Å². The highest BCUT2D eigenvalue weighted by Crippen LogP contribution is 2.31. The van der Waals surface area contributed by atoms with Crippen LogP contribution in [0.25, 0.3) is 0 Å². The molecule has 196 valence electrons. The maximum atomic E-state index is 11.6. The van der Waals surface area contributed by atoms with Gasteiger partial charge in [0.05, 0.1) is 18.1 Å². The van der Waals surface area contributed by atoms with E-state index in [1.54, 1.807) is 0 Å². The quantitative estimate of drug-likeness (QED) is 0.136. The van der Waals surface area contributed by atoms with E-state index < -0.39 is 91.1 Å². The second-order valence-corrected chi connectivity index (χ2v) is 8.12. The molecule has 2 aliphatic rings. The van der Waals surface area contributed by atoms with E-state index >= 15 is 0 Å². The van der Waals surface area contributed by atoms with Crippen LogP contribution >= 0.6 is 0 Å². The number of nitro benzene ring substituents is 1. The molecule has 7 N–H and O–H groups in total. The Labute approximate surface area is 198 Å². The molecule has 15 heteroatoms. The summed E-state index contributed by atoms with van der Waals surface area (Å²) < 4.78 is 21.9. The largest absolute Gasteiger partial charge is 0.455 e. The molecular weight excluding hydrogens is 476 g/mol. The van der Waals surface area contributed by atoms with Crippen molar-refractivity contribution in [2.75, 3.05) is 13.2 Å². The third-order valence-corrected chi connectivity index (χ3v) is 5.65. The fraction of sp³-hybridized carbons (Fsp3) is 0.650. The zero-order chi connectivity index (χ0) is 25.9. The van der Waals surface area contributed by atoms with E-state index in [1.807, 2.05) is 0 Å². The molecule has 2 aliphatic heterocycles. The summed E-state index contributed by atoms with van der Waals surface area (Å²) in [6, 6.07) is 4.00. The van der Waals surface area contributed by atoms with Gasteiger partial charge < -0.3 is 54.9 Å². The van der Waals surface area contributed by atoms with Crippen molar-refractivity contribution in [2.45, 2.75) is 68.3 Å². The molecule has 1 aromatic carbocycles. The van der Waals surface area contributed by atoms with Crippen LogP contribution in [0.1, 0.15) is 6.92 Å². The van der Waals surface area contributed by atoms with Crippen LogP contribution in [0, 0.1) is 10.1 Å². The van der Waals surface area contributed by atoms with E-state index in [1.165, 1.54) is 24.3 Å². The first-order valence-corrected chi connectivity index (χ1v) is 10.7. The number of nitro groups is 1. The lowest BCUT2D eigenvalue weighted by Crippen LogP contribution is -2.66. The van der Waals surface area contributed by atoms with E-state index in [2.05, 4.69) is 5.32 Å². The van der Waals surface area contributed by atoms with Gasteiger partial charge in [-0.05, 0) is 6.07 Å². The molecule has 2 fully saturated rings. The van der Waals surface area contributed by atoms with Gasteiger partial charge in [0.15, 0.2) is 12.0 Å². The van der Waals surface area contributed by atoms with Gasteiger partial charge >= 0.3 is 5.69 Å². The summed E-state index contributed by atoms with van der Waals surface area (Å²) in [4.78, 5) is 22.3. The van der Waals surface area contributed by atoms with Crippen molar-refractivity contribution in [1.82, 2.24) is 5.32 Å². The number of benzene rings is 1. The first-order valence-electron chi connectivity index (χ1n) is 10.7. The number of nitrogens with zero attached hydrogens (tertiary/aromatic N) is 1. The van der Waals surface area contributed by atoms with Crippen molar-refractivity contribution in [3.05, 3.63) is 34.4 Å². The Morgan fingerprint density at radius 1 is 1.00 bits per heavy atom. The average molecular weight is 504 g/mol. The third kappa shape index (κ3) is 6.03. The van der Waals surface area contributed by atoms with Crippen molar-refractivity contribution in [3.63, 3.8) is 0 Å². The summed E-state index contributed by atoms with van der Waals surface area (Å²) >= 11 is 0. The van der Waals surface area contributed by atoms with Gasteiger partial charge in [0.1, 0.15) is 48.8 Å². The predicted octanol–water partition coefficient (Wildman–Crippen LogP) is -3.26. The van der Waals surface area contributed by atoms with Gasteiger partial charge in [-0.1, -0.05) is 12.1 Å². The first-order chi connectivity index (χ1) is 16.5. The number of carbonyl (C=O) groups excluding carboxylic acids is 1. The summed E-state index contributed by atoms with van der Waals surface area (Å²) in [5, 5.41) is 74.0. The van der Waals surface area contributed by atoms with Gasteiger partial charge in [-0.25, -0.2) is 0 Å². The summed E-state index contributed by atoms with van der Waals surface area (Å²) in [7, 11) is 0. The van der Waals surface area contributed by atoms with Crippen LogP contribution in [-0.2, 0) is 19.0 Å². The molecule has 0 bridgehead atoms. The lowest BCUT2D eigenvalue weighted by Gasteiger charge is -2.43. The van der Waals surface area contributed by atoms with Crippen molar-refractivity contribution < 1.29 is 59.3 Å². The smallest absolute Gasteiger partial charge is 0.311 e. The molecule has 0 aromatic heterocycles. The molecule has 2 saturated heterocycles. The minimum Gasteiger partial charge on any atom is -0.455 e. The van der Waals surface area contributed by atoms with Crippen LogP contribution in [0.2, 0.25) is 0 Å². The minimum absolute atomic E-state index is 0.227. The Morgan fingerprint density at radius 3 is 2.26 bits per heavy atom. The Hall–Kier alpha value is -2.47. The van der Waals surface area contributed by atoms with E-state index in [0.29, 0.717) is 0 Å². The van der Waals surface area contributed by atoms with Gasteiger partial charge in [-0.15, -0.1) is 0 Å².